The van der Waals surface area contributed by atoms with E-state index in [1.165, 1.54) is 5.01 Å². The monoisotopic (exact) mass is 517 g/mol. The Labute approximate surface area is 210 Å². The normalized spacial score (nSPS) is 17.7. The predicted octanol–water partition coefficient (Wildman–Crippen LogP) is 5.00. The molecule has 4 rings (SSSR count). The maximum atomic E-state index is 12.7. The molecular weight excluding hydrogens is 491 g/mol. The van der Waals surface area contributed by atoms with Crippen LogP contribution in [0.15, 0.2) is 53.5 Å². The number of aromatic nitrogens is 4. The summed E-state index contributed by atoms with van der Waals surface area (Å²) in [6, 6.07) is 15.5. The molecule has 1 aliphatic heterocycles. The van der Waals surface area contributed by atoms with Gasteiger partial charge in [-0.25, -0.2) is 10.1 Å². The molecule has 2 aromatic carbocycles. The van der Waals surface area contributed by atoms with Gasteiger partial charge in [0.1, 0.15) is 0 Å². The number of aliphatic imine (C=N–C) groups is 1. The van der Waals surface area contributed by atoms with Crippen molar-refractivity contribution >= 4 is 22.8 Å². The van der Waals surface area contributed by atoms with Gasteiger partial charge < -0.3 is 0 Å². The average molecular weight is 518 g/mol. The fourth-order valence-corrected chi connectivity index (χ4v) is 4.66. The Morgan fingerprint density at radius 2 is 1.75 bits per heavy atom. The lowest BCUT2D eigenvalue weighted by Gasteiger charge is -2.21. The van der Waals surface area contributed by atoms with Gasteiger partial charge in [0.15, 0.2) is 11.0 Å². The predicted molar refractivity (Wildman–Crippen MR) is 133 cm³/mol. The summed E-state index contributed by atoms with van der Waals surface area (Å²) in [4.78, 5) is 14.7. The van der Waals surface area contributed by atoms with Crippen molar-refractivity contribution in [2.75, 3.05) is 0 Å². The highest BCUT2D eigenvalue weighted by molar-refractivity contribution is 8.14. The van der Waals surface area contributed by atoms with Gasteiger partial charge in [0, 0.05) is 5.56 Å². The van der Waals surface area contributed by atoms with E-state index in [0.29, 0.717) is 12.2 Å². The highest BCUT2D eigenvalue weighted by Crippen LogP contribution is 2.33. The number of carbonyl (C=O) groups excluding carboxylic acids is 1. The van der Waals surface area contributed by atoms with Crippen molar-refractivity contribution in [2.45, 2.75) is 57.7 Å². The van der Waals surface area contributed by atoms with Crippen LogP contribution in [0.2, 0.25) is 0 Å². The van der Waals surface area contributed by atoms with Gasteiger partial charge in [0.05, 0.1) is 17.5 Å². The van der Waals surface area contributed by atoms with E-state index in [1.807, 2.05) is 76.2 Å². The van der Waals surface area contributed by atoms with Crippen molar-refractivity contribution in [2.24, 2.45) is 4.99 Å². The minimum atomic E-state index is -5.01. The second-order valence-electron chi connectivity index (χ2n) is 9.25. The summed E-state index contributed by atoms with van der Waals surface area (Å²) in [6.07, 6.45) is -4.35. The number of benzene rings is 2. The van der Waals surface area contributed by atoms with Crippen LogP contribution in [-0.4, -0.2) is 47.8 Å². The molecule has 0 saturated carbocycles. The molecule has 1 saturated heterocycles. The van der Waals surface area contributed by atoms with Crippen molar-refractivity contribution in [3.8, 4) is 22.5 Å². The Morgan fingerprint density at radius 3 is 2.36 bits per heavy atom. The first-order valence-corrected chi connectivity index (χ1v) is 12.2. The molecule has 1 amide bonds. The molecule has 1 atom stereocenters. The number of tetrazole rings is 1. The largest absolute Gasteiger partial charge is 0.473 e. The van der Waals surface area contributed by atoms with E-state index >= 15 is 0 Å². The number of nitrogens with one attached hydrogen (secondary N) is 1. The van der Waals surface area contributed by atoms with Gasteiger partial charge in [0.2, 0.25) is 0 Å². The van der Waals surface area contributed by atoms with Crippen LogP contribution in [0.3, 0.4) is 0 Å². The van der Waals surface area contributed by atoms with Gasteiger partial charge in [-0.05, 0) is 54.3 Å². The zero-order chi connectivity index (χ0) is 26.1. The van der Waals surface area contributed by atoms with Gasteiger partial charge >= 0.3 is 12.1 Å². The van der Waals surface area contributed by atoms with Crippen LogP contribution in [-0.2, 0) is 16.9 Å². The zero-order valence-electron chi connectivity index (χ0n) is 20.2. The van der Waals surface area contributed by atoms with Gasteiger partial charge in [0.25, 0.3) is 0 Å². The minimum Gasteiger partial charge on any atom is -0.281 e. The first-order chi connectivity index (χ1) is 17.0. The Kier molecular flexibility index (Phi) is 7.19. The molecule has 1 N–H and O–H groups in total. The van der Waals surface area contributed by atoms with Crippen molar-refractivity contribution in [1.29, 1.82) is 0 Å². The number of hydrazine groups is 1. The van der Waals surface area contributed by atoms with E-state index in [0.717, 1.165) is 34.0 Å². The van der Waals surface area contributed by atoms with Crippen molar-refractivity contribution in [3.05, 3.63) is 54.1 Å². The lowest BCUT2D eigenvalue weighted by Crippen LogP contribution is -2.37. The number of halogens is 3. The van der Waals surface area contributed by atoms with E-state index in [-0.39, 0.29) is 22.6 Å². The third-order valence-corrected chi connectivity index (χ3v) is 6.71. The molecule has 8 nitrogen and oxygen atoms in total. The molecule has 1 fully saturated rings. The summed E-state index contributed by atoms with van der Waals surface area (Å²) in [7, 11) is 0. The summed E-state index contributed by atoms with van der Waals surface area (Å²) in [5.41, 5.74) is 6.42. The van der Waals surface area contributed by atoms with Crippen LogP contribution in [0.1, 0.15) is 39.7 Å². The minimum absolute atomic E-state index is 0.00705. The maximum absolute atomic E-state index is 12.7. The summed E-state index contributed by atoms with van der Waals surface area (Å²) >= 11 is 1.11. The number of hydrogen-bond donors (Lipinski definition) is 1. The topological polar surface area (TPSA) is 88.3 Å². The molecule has 36 heavy (non-hydrogen) atoms. The number of thioether (sulfide) groups is 1. The van der Waals surface area contributed by atoms with Crippen molar-refractivity contribution in [1.82, 2.24) is 30.6 Å². The third kappa shape index (κ3) is 5.59. The first-order valence-electron chi connectivity index (χ1n) is 11.3. The van der Waals surface area contributed by atoms with E-state index in [9.17, 15) is 18.0 Å². The number of carbonyl (C=O) groups is 1. The second-order valence-corrected chi connectivity index (χ2v) is 10.4. The lowest BCUT2D eigenvalue weighted by molar-refractivity contribution is -0.169. The number of rotatable bonds is 5. The molecule has 1 unspecified atom stereocenters. The number of amides is 1. The molecule has 1 aromatic heterocycles. The van der Waals surface area contributed by atoms with E-state index in [1.54, 1.807) is 4.68 Å². The van der Waals surface area contributed by atoms with Crippen LogP contribution < -0.4 is 5.43 Å². The highest BCUT2D eigenvalue weighted by Gasteiger charge is 2.40. The molecule has 0 radical (unpaired) electrons. The van der Waals surface area contributed by atoms with Crippen molar-refractivity contribution < 1.29 is 18.0 Å². The summed E-state index contributed by atoms with van der Waals surface area (Å²) in [6.45, 7) is 8.23. The number of hydrogen-bond acceptors (Lipinski definition) is 6. The SMILES string of the molecule is CCC1NN(Cc2ccc(-c3ccccc3-c3nnnn3C(C)(C)C)cc2)C(=NC(=O)C(F)(F)F)S1. The second kappa shape index (κ2) is 10.0. The molecule has 0 bridgehead atoms. The molecule has 2 heterocycles. The molecular formula is C24H26F3N7OS. The number of amidine groups is 1. The molecule has 3 aromatic rings. The van der Waals surface area contributed by atoms with Crippen LogP contribution in [0.4, 0.5) is 13.2 Å². The fourth-order valence-electron chi connectivity index (χ4n) is 3.68. The molecule has 12 heteroatoms. The molecule has 1 aliphatic rings. The fraction of sp³-hybridized carbons (Fsp3) is 0.375. The van der Waals surface area contributed by atoms with Crippen LogP contribution >= 0.6 is 11.8 Å². The van der Waals surface area contributed by atoms with E-state index in [2.05, 4.69) is 25.9 Å². The summed E-state index contributed by atoms with van der Waals surface area (Å²) in [5.74, 6) is -1.46. The van der Waals surface area contributed by atoms with Crippen LogP contribution in [0, 0.1) is 0 Å². The summed E-state index contributed by atoms with van der Waals surface area (Å²) in [5, 5.41) is 13.6. The molecule has 0 spiro atoms. The lowest BCUT2D eigenvalue weighted by atomic mass is 9.97. The van der Waals surface area contributed by atoms with Crippen LogP contribution in [0.5, 0.6) is 0 Å². The maximum Gasteiger partial charge on any atom is 0.473 e. The Balaban J connectivity index is 1.59. The molecule has 0 aliphatic carbocycles. The Bertz CT molecular complexity index is 1270. The van der Waals surface area contributed by atoms with E-state index in [4.69, 9.17) is 0 Å². The average Bonchev–Trinajstić information content (AvgIpc) is 3.46. The Morgan fingerprint density at radius 1 is 1.08 bits per heavy atom. The zero-order valence-corrected chi connectivity index (χ0v) is 21.1. The number of nitrogens with zero attached hydrogens (tertiary/aromatic N) is 6. The standard InChI is InChI=1S/C24H26F3N7OS/c1-5-19-30-33(22(36-19)28-21(35)24(25,26)27)14-15-10-12-16(13-11-15)17-8-6-7-9-18(17)20-29-31-32-34(20)23(2,3)4/h6-13,19,30H,5,14H2,1-4H3. The van der Waals surface area contributed by atoms with Crippen molar-refractivity contribution in [3.63, 3.8) is 0 Å². The Hall–Kier alpha value is -3.25. The van der Waals surface area contributed by atoms with Gasteiger partial charge in [-0.2, -0.15) is 18.2 Å². The number of alkyl halides is 3. The smallest absolute Gasteiger partial charge is 0.281 e. The highest BCUT2D eigenvalue weighted by atomic mass is 32.2. The van der Waals surface area contributed by atoms with Gasteiger partial charge in [-0.15, -0.1) is 5.10 Å². The quantitative estimate of drug-likeness (QED) is 0.510. The third-order valence-electron chi connectivity index (χ3n) is 5.47. The first kappa shape index (κ1) is 25.8. The molecule has 190 valence electrons. The van der Waals surface area contributed by atoms with Gasteiger partial charge in [-0.3, -0.25) is 9.80 Å². The summed E-state index contributed by atoms with van der Waals surface area (Å²) < 4.78 is 40.0. The van der Waals surface area contributed by atoms with Crippen LogP contribution in [0.25, 0.3) is 22.5 Å². The van der Waals surface area contributed by atoms with Gasteiger partial charge in [-0.1, -0.05) is 67.2 Å². The van der Waals surface area contributed by atoms with E-state index < -0.39 is 12.1 Å².